The van der Waals surface area contributed by atoms with Gasteiger partial charge >= 0.3 is 0 Å². The Morgan fingerprint density at radius 2 is 1.33 bits per heavy atom. The number of imide groups is 1. The quantitative estimate of drug-likeness (QED) is 0.630. The number of hydrogen-bond donors (Lipinski definition) is 0. The van der Waals surface area contributed by atoms with Crippen LogP contribution in [-0.2, 0) is 11.8 Å². The van der Waals surface area contributed by atoms with E-state index in [4.69, 9.17) is 0 Å². The van der Waals surface area contributed by atoms with Gasteiger partial charge in [-0.05, 0) is 29.7 Å². The number of nitrogens with zero attached hydrogens (tertiary/aromatic N) is 1. The van der Waals surface area contributed by atoms with Crippen LogP contribution in [0, 0.1) is 0 Å². The standard InChI is InChI=1S/C17H14BrNO2/c18-11-13-6-2-1-5-12(13)9-10-19-16(20)14-7-3-4-8-15(14)17(19)21/h1-8H,9-11H2. The van der Waals surface area contributed by atoms with E-state index in [-0.39, 0.29) is 11.8 Å². The normalized spacial score (nSPS) is 13.7. The molecule has 3 nitrogen and oxygen atoms in total. The number of benzene rings is 2. The molecule has 2 aromatic rings. The summed E-state index contributed by atoms with van der Waals surface area (Å²) in [6.45, 7) is 0.413. The van der Waals surface area contributed by atoms with E-state index >= 15 is 0 Å². The Morgan fingerprint density at radius 1 is 0.810 bits per heavy atom. The summed E-state index contributed by atoms with van der Waals surface area (Å²) in [5.41, 5.74) is 3.37. The van der Waals surface area contributed by atoms with Crippen molar-refractivity contribution in [2.45, 2.75) is 11.8 Å². The Morgan fingerprint density at radius 3 is 1.90 bits per heavy atom. The van der Waals surface area contributed by atoms with E-state index in [1.54, 1.807) is 24.3 Å². The van der Waals surface area contributed by atoms with Gasteiger partial charge in [-0.15, -0.1) is 0 Å². The van der Waals surface area contributed by atoms with Crippen molar-refractivity contribution >= 4 is 27.7 Å². The van der Waals surface area contributed by atoms with Crippen molar-refractivity contribution in [1.82, 2.24) is 4.90 Å². The van der Waals surface area contributed by atoms with Gasteiger partial charge in [0.1, 0.15) is 0 Å². The zero-order valence-corrected chi connectivity index (χ0v) is 13.0. The average Bonchev–Trinajstić information content (AvgIpc) is 2.78. The molecule has 1 aliphatic heterocycles. The summed E-state index contributed by atoms with van der Waals surface area (Å²) in [6.07, 6.45) is 0.674. The molecule has 0 aliphatic carbocycles. The molecule has 0 fully saturated rings. The van der Waals surface area contributed by atoms with Gasteiger partial charge in [-0.25, -0.2) is 0 Å². The van der Waals surface area contributed by atoms with E-state index in [9.17, 15) is 9.59 Å². The van der Waals surface area contributed by atoms with Crippen molar-refractivity contribution in [3.8, 4) is 0 Å². The summed E-state index contributed by atoms with van der Waals surface area (Å²) >= 11 is 3.46. The lowest BCUT2D eigenvalue weighted by Crippen LogP contribution is -2.31. The molecule has 0 atom stereocenters. The molecule has 0 saturated carbocycles. The predicted molar refractivity (Wildman–Crippen MR) is 84.6 cm³/mol. The second kappa shape index (κ2) is 5.82. The first-order valence-electron chi connectivity index (χ1n) is 6.80. The van der Waals surface area contributed by atoms with Gasteiger partial charge in [0.25, 0.3) is 11.8 Å². The van der Waals surface area contributed by atoms with Crippen LogP contribution in [0.2, 0.25) is 0 Å². The second-order valence-corrected chi connectivity index (χ2v) is 5.52. The summed E-state index contributed by atoms with van der Waals surface area (Å²) in [5, 5.41) is 0.769. The smallest absolute Gasteiger partial charge is 0.261 e. The third-order valence-electron chi connectivity index (χ3n) is 3.75. The SMILES string of the molecule is O=C1c2ccccc2C(=O)N1CCc1ccccc1CBr. The first kappa shape index (κ1) is 14.0. The number of carbonyl (C=O) groups excluding carboxylic acids is 2. The summed E-state index contributed by atoms with van der Waals surface area (Å²) in [5.74, 6) is -0.376. The Balaban J connectivity index is 1.78. The zero-order chi connectivity index (χ0) is 14.8. The minimum absolute atomic E-state index is 0.188. The highest BCUT2D eigenvalue weighted by Gasteiger charge is 2.34. The van der Waals surface area contributed by atoms with Crippen molar-refractivity contribution < 1.29 is 9.59 Å². The third-order valence-corrected chi connectivity index (χ3v) is 4.35. The highest BCUT2D eigenvalue weighted by molar-refractivity contribution is 9.08. The molecule has 2 amide bonds. The number of amides is 2. The molecule has 21 heavy (non-hydrogen) atoms. The molecule has 0 spiro atoms. The molecule has 0 N–H and O–H groups in total. The number of rotatable bonds is 4. The van der Waals surface area contributed by atoms with E-state index in [1.165, 1.54) is 10.5 Å². The van der Waals surface area contributed by atoms with Crippen LogP contribution in [0.4, 0.5) is 0 Å². The van der Waals surface area contributed by atoms with Crippen LogP contribution in [0.3, 0.4) is 0 Å². The van der Waals surface area contributed by atoms with Crippen LogP contribution in [0.25, 0.3) is 0 Å². The lowest BCUT2D eigenvalue weighted by molar-refractivity contribution is 0.0656. The molecule has 1 heterocycles. The van der Waals surface area contributed by atoms with Crippen LogP contribution < -0.4 is 0 Å². The summed E-state index contributed by atoms with van der Waals surface area (Å²) in [4.78, 5) is 25.9. The van der Waals surface area contributed by atoms with Crippen LogP contribution in [-0.4, -0.2) is 23.3 Å². The first-order chi connectivity index (χ1) is 10.2. The molecule has 0 unspecified atom stereocenters. The van der Waals surface area contributed by atoms with E-state index in [0.29, 0.717) is 24.1 Å². The van der Waals surface area contributed by atoms with E-state index in [0.717, 1.165) is 10.9 Å². The summed E-state index contributed by atoms with van der Waals surface area (Å²) < 4.78 is 0. The minimum Gasteiger partial charge on any atom is -0.274 e. The molecule has 2 aromatic carbocycles. The number of alkyl halides is 1. The largest absolute Gasteiger partial charge is 0.274 e. The van der Waals surface area contributed by atoms with Crippen LogP contribution in [0.15, 0.2) is 48.5 Å². The maximum atomic E-state index is 12.3. The van der Waals surface area contributed by atoms with Gasteiger partial charge in [0.05, 0.1) is 11.1 Å². The highest BCUT2D eigenvalue weighted by atomic mass is 79.9. The van der Waals surface area contributed by atoms with Crippen molar-refractivity contribution in [3.05, 3.63) is 70.8 Å². The van der Waals surface area contributed by atoms with Crippen LogP contribution in [0.5, 0.6) is 0 Å². The monoisotopic (exact) mass is 343 g/mol. The zero-order valence-electron chi connectivity index (χ0n) is 11.4. The molecule has 4 heteroatoms. The predicted octanol–water partition coefficient (Wildman–Crippen LogP) is 3.42. The lowest BCUT2D eigenvalue weighted by atomic mass is 10.1. The molecule has 3 rings (SSSR count). The second-order valence-electron chi connectivity index (χ2n) is 4.96. The molecule has 1 aliphatic rings. The van der Waals surface area contributed by atoms with Gasteiger partial charge in [-0.1, -0.05) is 52.3 Å². The van der Waals surface area contributed by atoms with Crippen molar-refractivity contribution in [2.75, 3.05) is 6.54 Å². The molecular weight excluding hydrogens is 330 g/mol. The molecule has 106 valence electrons. The van der Waals surface area contributed by atoms with Gasteiger partial charge in [0, 0.05) is 11.9 Å². The van der Waals surface area contributed by atoms with Gasteiger partial charge in [-0.3, -0.25) is 14.5 Å². The third kappa shape index (κ3) is 2.51. The molecule has 0 bridgehead atoms. The van der Waals surface area contributed by atoms with Crippen molar-refractivity contribution in [2.24, 2.45) is 0 Å². The fourth-order valence-electron chi connectivity index (χ4n) is 2.61. The fourth-order valence-corrected chi connectivity index (χ4v) is 3.15. The van der Waals surface area contributed by atoms with Crippen molar-refractivity contribution in [1.29, 1.82) is 0 Å². The summed E-state index contributed by atoms with van der Waals surface area (Å²) in [7, 11) is 0. The lowest BCUT2D eigenvalue weighted by Gasteiger charge is -2.15. The fraction of sp³-hybridized carbons (Fsp3) is 0.176. The van der Waals surface area contributed by atoms with E-state index < -0.39 is 0 Å². The number of carbonyl (C=O) groups is 2. The molecular formula is C17H14BrNO2. The van der Waals surface area contributed by atoms with Crippen molar-refractivity contribution in [3.63, 3.8) is 0 Å². The number of halogens is 1. The van der Waals surface area contributed by atoms with E-state index in [1.807, 2.05) is 24.3 Å². The van der Waals surface area contributed by atoms with Gasteiger partial charge < -0.3 is 0 Å². The Labute approximate surface area is 131 Å². The van der Waals surface area contributed by atoms with Gasteiger partial charge in [-0.2, -0.15) is 0 Å². The molecule has 0 radical (unpaired) electrons. The van der Waals surface area contributed by atoms with E-state index in [2.05, 4.69) is 15.9 Å². The Hall–Kier alpha value is -1.94. The summed E-state index contributed by atoms with van der Waals surface area (Å²) in [6, 6.07) is 15.0. The Kier molecular flexibility index (Phi) is 3.88. The van der Waals surface area contributed by atoms with Crippen LogP contribution >= 0.6 is 15.9 Å². The maximum Gasteiger partial charge on any atom is 0.261 e. The van der Waals surface area contributed by atoms with Crippen LogP contribution in [0.1, 0.15) is 31.8 Å². The van der Waals surface area contributed by atoms with Gasteiger partial charge in [0.15, 0.2) is 0 Å². The first-order valence-corrected chi connectivity index (χ1v) is 7.92. The highest BCUT2D eigenvalue weighted by Crippen LogP contribution is 2.23. The minimum atomic E-state index is -0.188. The number of fused-ring (bicyclic) bond motifs is 1. The molecule has 0 aromatic heterocycles. The molecule has 0 saturated heterocycles. The Bertz CT molecular complexity index is 676. The maximum absolute atomic E-state index is 12.3. The average molecular weight is 344 g/mol. The van der Waals surface area contributed by atoms with Gasteiger partial charge in [0.2, 0.25) is 0 Å². The number of hydrogen-bond acceptors (Lipinski definition) is 2. The topological polar surface area (TPSA) is 37.4 Å².